The van der Waals surface area contributed by atoms with E-state index in [-0.39, 0.29) is 11.7 Å². The maximum absolute atomic E-state index is 13.5. The fourth-order valence-corrected chi connectivity index (χ4v) is 3.50. The summed E-state index contributed by atoms with van der Waals surface area (Å²) in [7, 11) is 0. The number of benzene rings is 2. The normalized spacial score (nSPS) is 16.1. The lowest BCUT2D eigenvalue weighted by atomic mass is 9.93. The van der Waals surface area contributed by atoms with E-state index in [1.165, 1.54) is 12.1 Å². The largest absolute Gasteiger partial charge is 0.305 e. The molecular weight excluding hydrogens is 337 g/mol. The van der Waals surface area contributed by atoms with E-state index in [2.05, 4.69) is 16.9 Å². The molecule has 3 nitrogen and oxygen atoms in total. The van der Waals surface area contributed by atoms with Crippen molar-refractivity contribution >= 4 is 17.6 Å². The summed E-state index contributed by atoms with van der Waals surface area (Å²) in [5, 5.41) is 8.44. The van der Waals surface area contributed by atoms with Crippen molar-refractivity contribution in [3.05, 3.63) is 71.7 Å². The average molecular weight is 357 g/mol. The van der Waals surface area contributed by atoms with Crippen molar-refractivity contribution in [3.63, 3.8) is 0 Å². The fourth-order valence-electron chi connectivity index (χ4n) is 3.50. The van der Waals surface area contributed by atoms with Crippen molar-refractivity contribution in [3.8, 4) is 22.4 Å². The SMILES string of the molecule is Cc1cc(F)ccc1-c1ncccc1-c1ccc2c(c1)C(=N)CC(C)C=N2. The van der Waals surface area contributed by atoms with Crippen LogP contribution in [0.2, 0.25) is 0 Å². The third-order valence-electron chi connectivity index (χ3n) is 4.88. The molecule has 1 aliphatic rings. The minimum absolute atomic E-state index is 0.251. The lowest BCUT2D eigenvalue weighted by Gasteiger charge is -2.13. The summed E-state index contributed by atoms with van der Waals surface area (Å²) in [6.45, 7) is 3.96. The van der Waals surface area contributed by atoms with Crippen LogP contribution in [0.3, 0.4) is 0 Å². The van der Waals surface area contributed by atoms with E-state index in [1.54, 1.807) is 12.3 Å². The highest BCUT2D eigenvalue weighted by Gasteiger charge is 2.17. The molecule has 0 radical (unpaired) electrons. The standard InChI is InChI=1S/C23H20FN3/c1-14-10-21(25)20-12-16(5-8-22(20)27-13-14)19-4-3-9-26-23(19)18-7-6-17(24)11-15(18)2/h3-9,11-14,25H,10H2,1-2H3. The maximum atomic E-state index is 13.5. The van der Waals surface area contributed by atoms with Gasteiger partial charge in [-0.2, -0.15) is 0 Å². The Morgan fingerprint density at radius 2 is 1.89 bits per heavy atom. The zero-order valence-electron chi connectivity index (χ0n) is 15.3. The molecule has 1 aliphatic heterocycles. The number of halogens is 1. The van der Waals surface area contributed by atoms with Crippen molar-refractivity contribution in [1.29, 1.82) is 5.41 Å². The first-order chi connectivity index (χ1) is 13.0. The zero-order valence-corrected chi connectivity index (χ0v) is 15.3. The van der Waals surface area contributed by atoms with Gasteiger partial charge in [-0.25, -0.2) is 4.39 Å². The van der Waals surface area contributed by atoms with Crippen LogP contribution in [0.4, 0.5) is 10.1 Å². The van der Waals surface area contributed by atoms with Crippen LogP contribution in [0, 0.1) is 24.1 Å². The number of hydrogen-bond acceptors (Lipinski definition) is 3. The molecule has 0 saturated heterocycles. The van der Waals surface area contributed by atoms with Gasteiger partial charge in [0.1, 0.15) is 5.82 Å². The predicted octanol–water partition coefficient (Wildman–Crippen LogP) is 5.97. The molecule has 3 aromatic rings. The Hall–Kier alpha value is -3.14. The molecule has 27 heavy (non-hydrogen) atoms. The summed E-state index contributed by atoms with van der Waals surface area (Å²) in [6, 6.07) is 14.7. The Kier molecular flexibility index (Phi) is 4.40. The van der Waals surface area contributed by atoms with E-state index >= 15 is 0 Å². The van der Waals surface area contributed by atoms with Gasteiger partial charge in [0.05, 0.1) is 11.4 Å². The molecule has 2 heterocycles. The van der Waals surface area contributed by atoms with Crippen molar-refractivity contribution in [2.75, 3.05) is 0 Å². The van der Waals surface area contributed by atoms with Crippen LogP contribution in [-0.2, 0) is 0 Å². The molecule has 1 unspecified atom stereocenters. The predicted molar refractivity (Wildman–Crippen MR) is 109 cm³/mol. The molecule has 1 aromatic heterocycles. The molecule has 134 valence electrons. The first-order valence-electron chi connectivity index (χ1n) is 9.01. The van der Waals surface area contributed by atoms with E-state index in [9.17, 15) is 4.39 Å². The first-order valence-corrected chi connectivity index (χ1v) is 9.01. The number of aliphatic imine (C=N–C) groups is 1. The number of nitrogens with one attached hydrogen (secondary N) is 1. The Morgan fingerprint density at radius 3 is 2.70 bits per heavy atom. The van der Waals surface area contributed by atoms with E-state index < -0.39 is 0 Å². The first kappa shape index (κ1) is 17.3. The molecule has 0 aliphatic carbocycles. The van der Waals surface area contributed by atoms with Crippen molar-refractivity contribution in [2.45, 2.75) is 20.3 Å². The number of rotatable bonds is 2. The highest BCUT2D eigenvalue weighted by Crippen LogP contribution is 2.35. The third-order valence-corrected chi connectivity index (χ3v) is 4.88. The van der Waals surface area contributed by atoms with Crippen LogP contribution in [0.1, 0.15) is 24.5 Å². The summed E-state index contributed by atoms with van der Waals surface area (Å²) in [6.07, 6.45) is 4.34. The van der Waals surface area contributed by atoms with E-state index in [4.69, 9.17) is 5.41 Å². The van der Waals surface area contributed by atoms with E-state index in [0.717, 1.165) is 39.2 Å². The number of aryl methyl sites for hydroxylation is 1. The minimum atomic E-state index is -0.251. The Labute approximate surface area is 158 Å². The highest BCUT2D eigenvalue weighted by molar-refractivity contribution is 6.06. The zero-order chi connectivity index (χ0) is 19.0. The van der Waals surface area contributed by atoms with Gasteiger partial charge in [-0.15, -0.1) is 0 Å². The van der Waals surface area contributed by atoms with Gasteiger partial charge >= 0.3 is 0 Å². The van der Waals surface area contributed by atoms with E-state index in [1.807, 2.05) is 43.5 Å². The Bertz CT molecular complexity index is 1070. The molecule has 0 spiro atoms. The third kappa shape index (κ3) is 3.31. The van der Waals surface area contributed by atoms with Gasteiger partial charge < -0.3 is 5.41 Å². The van der Waals surface area contributed by atoms with Crippen LogP contribution in [-0.4, -0.2) is 16.9 Å². The molecule has 0 bridgehead atoms. The summed E-state index contributed by atoms with van der Waals surface area (Å²) >= 11 is 0. The number of aromatic nitrogens is 1. The number of nitrogens with zero attached hydrogens (tertiary/aromatic N) is 2. The molecule has 4 heteroatoms. The molecule has 4 rings (SSSR count). The van der Waals surface area contributed by atoms with Crippen LogP contribution in [0.25, 0.3) is 22.4 Å². The quantitative estimate of drug-likeness (QED) is 0.603. The van der Waals surface area contributed by atoms with Gasteiger partial charge in [0, 0.05) is 34.8 Å². The number of pyridine rings is 1. The summed E-state index contributed by atoms with van der Waals surface area (Å²) in [4.78, 5) is 9.11. The second-order valence-electron chi connectivity index (χ2n) is 7.03. The average Bonchev–Trinajstić information content (AvgIpc) is 2.80. The molecule has 1 atom stereocenters. The molecule has 1 N–H and O–H groups in total. The molecular formula is C23H20FN3. The highest BCUT2D eigenvalue weighted by atomic mass is 19.1. The molecule has 0 amide bonds. The van der Waals surface area contributed by atoms with Gasteiger partial charge in [-0.05, 0) is 66.8 Å². The van der Waals surface area contributed by atoms with Crippen molar-refractivity contribution < 1.29 is 4.39 Å². The molecule has 0 fully saturated rings. The lowest BCUT2D eigenvalue weighted by molar-refractivity contribution is 0.627. The van der Waals surface area contributed by atoms with Gasteiger partial charge in [0.25, 0.3) is 0 Å². The minimum Gasteiger partial charge on any atom is -0.305 e. The summed E-state index contributed by atoms with van der Waals surface area (Å²) in [5.41, 5.74) is 6.79. The van der Waals surface area contributed by atoms with Crippen LogP contribution in [0.5, 0.6) is 0 Å². The lowest BCUT2D eigenvalue weighted by Crippen LogP contribution is -2.04. The van der Waals surface area contributed by atoms with Gasteiger partial charge in [-0.3, -0.25) is 9.98 Å². The summed E-state index contributed by atoms with van der Waals surface area (Å²) in [5.74, 6) is 0.00311. The van der Waals surface area contributed by atoms with Gasteiger partial charge in [-0.1, -0.05) is 19.1 Å². The topological polar surface area (TPSA) is 49.1 Å². The number of hydrogen-bond donors (Lipinski definition) is 1. The molecule has 2 aromatic carbocycles. The maximum Gasteiger partial charge on any atom is 0.123 e. The summed E-state index contributed by atoms with van der Waals surface area (Å²) < 4.78 is 13.5. The van der Waals surface area contributed by atoms with E-state index in [0.29, 0.717) is 12.1 Å². The number of fused-ring (bicyclic) bond motifs is 1. The Morgan fingerprint density at radius 1 is 1.04 bits per heavy atom. The van der Waals surface area contributed by atoms with Gasteiger partial charge in [0.2, 0.25) is 0 Å². The fraction of sp³-hybridized carbons (Fsp3) is 0.174. The second-order valence-corrected chi connectivity index (χ2v) is 7.03. The molecule has 0 saturated carbocycles. The van der Waals surface area contributed by atoms with Gasteiger partial charge in [0.15, 0.2) is 0 Å². The smallest absolute Gasteiger partial charge is 0.123 e. The monoisotopic (exact) mass is 357 g/mol. The van der Waals surface area contributed by atoms with Crippen LogP contribution >= 0.6 is 0 Å². The second kappa shape index (κ2) is 6.88. The van der Waals surface area contributed by atoms with Crippen LogP contribution in [0.15, 0.2) is 59.7 Å². The van der Waals surface area contributed by atoms with Crippen molar-refractivity contribution in [2.24, 2.45) is 10.9 Å². The van der Waals surface area contributed by atoms with Crippen LogP contribution < -0.4 is 0 Å². The van der Waals surface area contributed by atoms with Crippen molar-refractivity contribution in [1.82, 2.24) is 4.98 Å². The Balaban J connectivity index is 1.86.